The number of anilines is 3. The lowest BCUT2D eigenvalue weighted by Crippen LogP contribution is -2.10. The first-order valence-electron chi connectivity index (χ1n) is 33.7. The van der Waals surface area contributed by atoms with E-state index in [1.165, 1.54) is 47.8 Å². The van der Waals surface area contributed by atoms with Crippen LogP contribution in [0.5, 0.6) is 0 Å². The van der Waals surface area contributed by atoms with E-state index in [2.05, 4.69) is 360 Å². The first-order valence-corrected chi connectivity index (χ1v) is 34.5. The molecule has 0 saturated carbocycles. The summed E-state index contributed by atoms with van der Waals surface area (Å²) in [5, 5.41) is 9.07. The molecular weight excluding hydrogens is 1240 g/mol. The van der Waals surface area contributed by atoms with E-state index in [-0.39, 0.29) is 0 Å². The number of para-hydroxylation sites is 3. The molecular formula is C92H59N7S. The second-order valence-electron chi connectivity index (χ2n) is 25.4. The molecule has 3 aromatic heterocycles. The lowest BCUT2D eigenvalue weighted by Gasteiger charge is -2.27. The molecule has 3 aliphatic rings. The molecule has 20 rings (SSSR count). The van der Waals surface area contributed by atoms with Crippen LogP contribution in [0.2, 0.25) is 0 Å². The SMILES string of the molecule is c1ccc(-c2cc3nc(n2)-c2cccc(c2)-c2cccc(c2)N(c2ccc4c(c2)c2ccccc2n4-c2ccccc2)c2cccc(c2)-c2cccc-3c2)cc1.c1ccc(-c2cc3nc(n2)c2cccc(c2)c2cccc(c2)n2c4ccccc4sc4ccc(cc4-2)c2cccc3c2)cc1. The summed E-state index contributed by atoms with van der Waals surface area (Å²) in [5.74, 6) is 0.698. The van der Waals surface area contributed by atoms with Gasteiger partial charge in [0, 0.05) is 72.1 Å². The fraction of sp³-hybridized carbons (Fsp3) is 0. The maximum Gasteiger partial charge on any atom is 0.160 e. The molecule has 0 aliphatic carbocycles. The zero-order valence-electron chi connectivity index (χ0n) is 54.1. The van der Waals surface area contributed by atoms with Gasteiger partial charge < -0.3 is 14.0 Å². The largest absolute Gasteiger partial charge is 0.310 e. The third-order valence-electron chi connectivity index (χ3n) is 19.3. The highest BCUT2D eigenvalue weighted by atomic mass is 32.1. The smallest absolute Gasteiger partial charge is 0.160 e. The Hall–Kier alpha value is -13.1. The van der Waals surface area contributed by atoms with Crippen molar-refractivity contribution in [2.75, 3.05) is 4.90 Å². The van der Waals surface area contributed by atoms with E-state index in [1.807, 2.05) is 23.5 Å². The van der Waals surface area contributed by atoms with Gasteiger partial charge in [0.1, 0.15) is 0 Å². The highest BCUT2D eigenvalue weighted by molar-refractivity contribution is 7.24. The van der Waals surface area contributed by atoms with Gasteiger partial charge in [0.2, 0.25) is 0 Å². The maximum absolute atomic E-state index is 5.20. The molecule has 14 aromatic carbocycles. The second kappa shape index (κ2) is 24.5. The van der Waals surface area contributed by atoms with Crippen molar-refractivity contribution in [3.63, 3.8) is 0 Å². The molecule has 100 heavy (non-hydrogen) atoms. The zero-order chi connectivity index (χ0) is 66.0. The highest BCUT2D eigenvalue weighted by Gasteiger charge is 2.21. The molecule has 0 saturated heterocycles. The van der Waals surface area contributed by atoms with E-state index in [0.29, 0.717) is 11.5 Å². The van der Waals surface area contributed by atoms with Gasteiger partial charge in [0.05, 0.1) is 54.2 Å². The van der Waals surface area contributed by atoms with Crippen molar-refractivity contribution in [2.45, 2.75) is 0 Å². The van der Waals surface area contributed by atoms with Gasteiger partial charge >= 0.3 is 0 Å². The van der Waals surface area contributed by atoms with E-state index in [9.17, 15) is 0 Å². The molecule has 0 N–H and O–H groups in total. The molecule has 7 nitrogen and oxygen atoms in total. The van der Waals surface area contributed by atoms with E-state index >= 15 is 0 Å². The van der Waals surface area contributed by atoms with E-state index in [4.69, 9.17) is 19.9 Å². The zero-order valence-corrected chi connectivity index (χ0v) is 54.9. The molecule has 0 fully saturated rings. The molecule has 468 valence electrons. The van der Waals surface area contributed by atoms with Gasteiger partial charge in [-0.05, 0) is 177 Å². The van der Waals surface area contributed by atoms with Crippen LogP contribution in [0, 0.1) is 0 Å². The number of aromatic nitrogens is 6. The molecule has 0 unspecified atom stereocenters. The van der Waals surface area contributed by atoms with Gasteiger partial charge in [0.15, 0.2) is 11.5 Å². The van der Waals surface area contributed by atoms with Crippen LogP contribution >= 0.6 is 11.3 Å². The first kappa shape index (κ1) is 58.2. The van der Waals surface area contributed by atoms with Crippen molar-refractivity contribution in [1.29, 1.82) is 0 Å². The summed E-state index contributed by atoms with van der Waals surface area (Å²) in [6.45, 7) is 0. The van der Waals surface area contributed by atoms with Crippen molar-refractivity contribution >= 4 is 114 Å². The van der Waals surface area contributed by atoms with Crippen molar-refractivity contribution in [3.05, 3.63) is 358 Å². The summed E-state index contributed by atoms with van der Waals surface area (Å²) >= 11 is 1.83. The molecule has 3 aliphatic heterocycles. The number of rotatable bonds is 4. The highest BCUT2D eigenvalue weighted by Crippen LogP contribution is 2.44. The molecule has 20 bridgehead atoms. The predicted molar refractivity (Wildman–Crippen MR) is 419 cm³/mol. The van der Waals surface area contributed by atoms with Crippen LogP contribution in [0.1, 0.15) is 0 Å². The summed E-state index contributed by atoms with van der Waals surface area (Å²) < 4.78 is 7.27. The number of hydrogen-bond donors (Lipinski definition) is 0. The molecule has 8 heteroatoms. The molecule has 0 amide bonds. The van der Waals surface area contributed by atoms with E-state index in [1.54, 1.807) is 0 Å². The Kier molecular flexibility index (Phi) is 14.3. The predicted octanol–water partition coefficient (Wildman–Crippen LogP) is 24.7. The minimum atomic E-state index is 0.698. The summed E-state index contributed by atoms with van der Waals surface area (Å²) in [5.41, 5.74) is 23.2. The molecule has 0 atom stereocenters. The lowest BCUT2D eigenvalue weighted by molar-refractivity contribution is 1.18. The Labute approximate surface area is 581 Å². The number of nitrogens with zero attached hydrogens (tertiary/aromatic N) is 7. The molecule has 6 heterocycles. The number of fused-ring (bicyclic) bond motifs is 33. The Morgan fingerprint density at radius 3 is 1.47 bits per heavy atom. The third kappa shape index (κ3) is 10.6. The average Bonchev–Trinajstić information content (AvgIpc) is 1.66. The van der Waals surface area contributed by atoms with Crippen molar-refractivity contribution in [1.82, 2.24) is 29.1 Å². The molecule has 0 spiro atoms. The van der Waals surface area contributed by atoms with Gasteiger partial charge in [0.25, 0.3) is 0 Å². The third-order valence-corrected chi connectivity index (χ3v) is 20.4. The topological polar surface area (TPSA) is 64.7 Å². The Morgan fingerprint density at radius 1 is 0.240 bits per heavy atom. The monoisotopic (exact) mass is 1290 g/mol. The van der Waals surface area contributed by atoms with Crippen LogP contribution in [0.4, 0.5) is 17.1 Å². The minimum absolute atomic E-state index is 0.698. The lowest BCUT2D eigenvalue weighted by atomic mass is 9.98. The normalized spacial score (nSPS) is 11.8. The van der Waals surface area contributed by atoms with E-state index < -0.39 is 0 Å². The second-order valence-corrected chi connectivity index (χ2v) is 26.5. The average molecular weight is 1290 g/mol. The van der Waals surface area contributed by atoms with Crippen LogP contribution < -0.4 is 4.90 Å². The fourth-order valence-corrected chi connectivity index (χ4v) is 15.5. The van der Waals surface area contributed by atoms with Crippen LogP contribution in [0.3, 0.4) is 0 Å². The Bertz CT molecular complexity index is 6380. The van der Waals surface area contributed by atoms with Crippen LogP contribution in [0.15, 0.2) is 358 Å². The van der Waals surface area contributed by atoms with Gasteiger partial charge in [-0.2, -0.15) is 0 Å². The van der Waals surface area contributed by atoms with Gasteiger partial charge in [-0.25, -0.2) is 19.9 Å². The van der Waals surface area contributed by atoms with Gasteiger partial charge in [-0.3, -0.25) is 0 Å². The molecule has 0 radical (unpaired) electrons. The maximum atomic E-state index is 5.20. The summed E-state index contributed by atoms with van der Waals surface area (Å²) in [6.07, 6.45) is 0. The van der Waals surface area contributed by atoms with Crippen molar-refractivity contribution in [2.24, 2.45) is 0 Å². The Balaban J connectivity index is 0.000000143. The fourth-order valence-electron chi connectivity index (χ4n) is 14.4. The van der Waals surface area contributed by atoms with Crippen LogP contribution in [-0.4, -0.2) is 29.1 Å². The summed E-state index contributed by atoms with van der Waals surface area (Å²) in [7, 11) is 0. The van der Waals surface area contributed by atoms with Crippen LogP contribution in [0.25, 0.3) is 165 Å². The summed E-state index contributed by atoms with van der Waals surface area (Å²) in [4.78, 5) is 23.0. The van der Waals surface area contributed by atoms with Crippen molar-refractivity contribution < 1.29 is 0 Å². The van der Waals surface area contributed by atoms with E-state index in [0.717, 1.165) is 122 Å². The summed E-state index contributed by atoms with van der Waals surface area (Å²) in [6, 6.07) is 128. The van der Waals surface area contributed by atoms with Gasteiger partial charge in [-0.15, -0.1) is 11.3 Å². The Morgan fingerprint density at radius 2 is 0.740 bits per heavy atom. The van der Waals surface area contributed by atoms with Gasteiger partial charge in [-0.1, -0.05) is 224 Å². The first-order chi connectivity index (χ1) is 49.5. The standard InChI is InChI=1S/C52H34N4.C40H25N3S/c1-3-13-35(14-4-1)48-34-49-40-19-9-15-36(29-40)38-17-11-23-43(31-38)55(44-24-12-18-39(32-44)37-16-10-20-41(30-37)52(53-48)54-49)45-27-28-51-47(33-45)46-25-7-8-26-50(46)56(51)42-21-5-2-6-22-42;1-2-9-26(10-3-1)34-25-35-31-14-6-11-27(21-31)30-19-20-39-37(24-30)43(36-17-4-5-18-38(36)44-39)33-16-8-13-29(23-33)28-12-7-15-32(22-28)40(41-34)42-35/h1-34H;1-25H. The minimum Gasteiger partial charge on any atom is -0.310 e. The number of hydrogen-bond acceptors (Lipinski definition) is 6. The van der Waals surface area contributed by atoms with Crippen LogP contribution in [-0.2, 0) is 0 Å². The van der Waals surface area contributed by atoms with Crippen molar-refractivity contribution in [3.8, 4) is 78.8 Å². The molecule has 17 aromatic rings. The quantitative estimate of drug-likeness (QED) is 0.164. The number of benzene rings is 14.